The molecule has 6 heteroatoms. The van der Waals surface area contributed by atoms with Crippen molar-refractivity contribution in [2.45, 2.75) is 20.0 Å². The molecular weight excluding hydrogens is 307 g/mol. The summed E-state index contributed by atoms with van der Waals surface area (Å²) in [5, 5.41) is 2.39. The van der Waals surface area contributed by atoms with Crippen molar-refractivity contribution in [3.8, 4) is 5.75 Å². The van der Waals surface area contributed by atoms with Gasteiger partial charge in [0.2, 0.25) is 0 Å². The van der Waals surface area contributed by atoms with Gasteiger partial charge in [-0.2, -0.15) is 13.2 Å². The molecule has 2 aromatic carbocycles. The lowest BCUT2D eigenvalue weighted by molar-refractivity contribution is -0.137. The van der Waals surface area contributed by atoms with E-state index in [0.29, 0.717) is 5.75 Å². The SMILES string of the molecule is Cc1ccc(C)c(OCC(=O)Nc2cccc(C(F)(F)F)c2)c1. The summed E-state index contributed by atoms with van der Waals surface area (Å²) in [6, 6.07) is 10.1. The molecule has 0 radical (unpaired) electrons. The molecule has 0 spiro atoms. The highest BCUT2D eigenvalue weighted by Gasteiger charge is 2.30. The minimum Gasteiger partial charge on any atom is -0.483 e. The lowest BCUT2D eigenvalue weighted by atomic mass is 10.1. The van der Waals surface area contributed by atoms with E-state index in [4.69, 9.17) is 4.74 Å². The standard InChI is InChI=1S/C17H16F3NO2/c1-11-6-7-12(2)15(8-11)23-10-16(22)21-14-5-3-4-13(9-14)17(18,19)20/h3-9H,10H2,1-2H3,(H,21,22). The Bertz CT molecular complexity index is 711. The number of carbonyl (C=O) groups excluding carboxylic acids is 1. The van der Waals surface area contributed by atoms with Gasteiger partial charge in [0.25, 0.3) is 5.91 Å². The first-order chi connectivity index (χ1) is 10.8. The topological polar surface area (TPSA) is 38.3 Å². The second kappa shape index (κ2) is 6.73. The van der Waals surface area contributed by atoms with E-state index in [1.807, 2.05) is 26.0 Å². The molecular formula is C17H16F3NO2. The monoisotopic (exact) mass is 323 g/mol. The summed E-state index contributed by atoms with van der Waals surface area (Å²) >= 11 is 0. The van der Waals surface area contributed by atoms with Crippen LogP contribution in [-0.2, 0) is 11.0 Å². The number of rotatable bonds is 4. The van der Waals surface area contributed by atoms with E-state index >= 15 is 0 Å². The van der Waals surface area contributed by atoms with Gasteiger partial charge in [-0.3, -0.25) is 4.79 Å². The minimum absolute atomic E-state index is 0.0781. The quantitative estimate of drug-likeness (QED) is 0.909. The summed E-state index contributed by atoms with van der Waals surface area (Å²) in [5.74, 6) is 0.0504. The van der Waals surface area contributed by atoms with Gasteiger partial charge in [0.05, 0.1) is 5.56 Å². The number of alkyl halides is 3. The zero-order valence-corrected chi connectivity index (χ0v) is 12.7. The fourth-order valence-corrected chi connectivity index (χ4v) is 1.98. The van der Waals surface area contributed by atoms with Crippen LogP contribution in [0, 0.1) is 13.8 Å². The summed E-state index contributed by atoms with van der Waals surface area (Å²) in [6.07, 6.45) is -4.45. The molecule has 0 aromatic heterocycles. The number of aryl methyl sites for hydroxylation is 2. The molecule has 2 rings (SSSR count). The van der Waals surface area contributed by atoms with Crippen LogP contribution in [0.1, 0.15) is 16.7 Å². The van der Waals surface area contributed by atoms with Gasteiger partial charge in [-0.05, 0) is 49.2 Å². The van der Waals surface area contributed by atoms with E-state index in [-0.39, 0.29) is 12.3 Å². The second-order valence-electron chi connectivity index (χ2n) is 5.18. The van der Waals surface area contributed by atoms with Crippen LogP contribution in [0.2, 0.25) is 0 Å². The van der Waals surface area contributed by atoms with Gasteiger partial charge in [0.1, 0.15) is 5.75 Å². The first-order valence-electron chi connectivity index (χ1n) is 6.93. The Kier molecular flexibility index (Phi) is 4.93. The fourth-order valence-electron chi connectivity index (χ4n) is 1.98. The predicted molar refractivity (Wildman–Crippen MR) is 81.5 cm³/mol. The van der Waals surface area contributed by atoms with Crippen molar-refractivity contribution >= 4 is 11.6 Å². The van der Waals surface area contributed by atoms with Crippen molar-refractivity contribution in [2.75, 3.05) is 11.9 Å². The molecule has 1 N–H and O–H groups in total. The highest BCUT2D eigenvalue weighted by atomic mass is 19.4. The van der Waals surface area contributed by atoms with Gasteiger partial charge < -0.3 is 10.1 Å². The predicted octanol–water partition coefficient (Wildman–Crippen LogP) is 4.34. The highest BCUT2D eigenvalue weighted by molar-refractivity contribution is 5.92. The molecule has 0 saturated heterocycles. The highest BCUT2D eigenvalue weighted by Crippen LogP contribution is 2.30. The number of anilines is 1. The molecule has 23 heavy (non-hydrogen) atoms. The first-order valence-corrected chi connectivity index (χ1v) is 6.93. The van der Waals surface area contributed by atoms with Gasteiger partial charge in [0, 0.05) is 5.69 Å². The summed E-state index contributed by atoms with van der Waals surface area (Å²) in [4.78, 5) is 11.8. The maximum Gasteiger partial charge on any atom is 0.416 e. The molecule has 0 aliphatic heterocycles. The van der Waals surface area contributed by atoms with Crippen molar-refractivity contribution in [1.29, 1.82) is 0 Å². The van der Waals surface area contributed by atoms with Crippen LogP contribution >= 0.6 is 0 Å². The summed E-state index contributed by atoms with van der Waals surface area (Å²) in [6.45, 7) is 3.47. The molecule has 0 heterocycles. The number of halogens is 3. The molecule has 0 saturated carbocycles. The molecule has 1 amide bonds. The number of carbonyl (C=O) groups is 1. The summed E-state index contributed by atoms with van der Waals surface area (Å²) < 4.78 is 43.3. The number of ether oxygens (including phenoxy) is 1. The summed E-state index contributed by atoms with van der Waals surface area (Å²) in [5.41, 5.74) is 1.13. The fraction of sp³-hybridized carbons (Fsp3) is 0.235. The van der Waals surface area contributed by atoms with Crippen LogP contribution in [0.5, 0.6) is 5.75 Å². The smallest absolute Gasteiger partial charge is 0.416 e. The van der Waals surface area contributed by atoms with Crippen molar-refractivity contribution in [2.24, 2.45) is 0 Å². The van der Waals surface area contributed by atoms with E-state index in [1.54, 1.807) is 6.07 Å². The van der Waals surface area contributed by atoms with E-state index in [2.05, 4.69) is 5.32 Å². The van der Waals surface area contributed by atoms with Crippen molar-refractivity contribution < 1.29 is 22.7 Å². The number of hydrogen-bond acceptors (Lipinski definition) is 2. The number of nitrogens with one attached hydrogen (secondary N) is 1. The van der Waals surface area contributed by atoms with Gasteiger partial charge >= 0.3 is 6.18 Å². The molecule has 0 aliphatic rings. The third-order valence-corrected chi connectivity index (χ3v) is 3.18. The van der Waals surface area contributed by atoms with E-state index in [9.17, 15) is 18.0 Å². The third-order valence-electron chi connectivity index (χ3n) is 3.18. The van der Waals surface area contributed by atoms with Gasteiger partial charge in [0.15, 0.2) is 6.61 Å². The Balaban J connectivity index is 1.99. The van der Waals surface area contributed by atoms with Gasteiger partial charge in [-0.25, -0.2) is 0 Å². The maximum atomic E-state index is 12.6. The number of hydrogen-bond donors (Lipinski definition) is 1. The van der Waals surface area contributed by atoms with E-state index < -0.39 is 17.6 Å². The Morgan fingerprint density at radius 2 is 1.87 bits per heavy atom. The first kappa shape index (κ1) is 16.9. The van der Waals surface area contributed by atoms with Crippen LogP contribution in [0.25, 0.3) is 0 Å². The van der Waals surface area contributed by atoms with Crippen LogP contribution in [0.4, 0.5) is 18.9 Å². The molecule has 0 bridgehead atoms. The zero-order valence-electron chi connectivity index (χ0n) is 12.7. The summed E-state index contributed by atoms with van der Waals surface area (Å²) in [7, 11) is 0. The largest absolute Gasteiger partial charge is 0.483 e. The van der Waals surface area contributed by atoms with Crippen molar-refractivity contribution in [3.63, 3.8) is 0 Å². The molecule has 0 unspecified atom stereocenters. The molecule has 0 aliphatic carbocycles. The van der Waals surface area contributed by atoms with Gasteiger partial charge in [-0.1, -0.05) is 18.2 Å². The van der Waals surface area contributed by atoms with E-state index in [0.717, 1.165) is 23.3 Å². The maximum absolute atomic E-state index is 12.6. The average Bonchev–Trinajstić information content (AvgIpc) is 2.47. The van der Waals surface area contributed by atoms with Gasteiger partial charge in [-0.15, -0.1) is 0 Å². The molecule has 0 fully saturated rings. The van der Waals surface area contributed by atoms with Crippen LogP contribution in [0.15, 0.2) is 42.5 Å². The molecule has 0 atom stereocenters. The normalized spacial score (nSPS) is 11.2. The number of amides is 1. The third kappa shape index (κ3) is 4.74. The van der Waals surface area contributed by atoms with Crippen LogP contribution in [0.3, 0.4) is 0 Å². The molecule has 2 aromatic rings. The Labute approximate surface area is 132 Å². The second-order valence-corrected chi connectivity index (χ2v) is 5.18. The molecule has 122 valence electrons. The lowest BCUT2D eigenvalue weighted by Crippen LogP contribution is -2.20. The van der Waals surface area contributed by atoms with Crippen molar-refractivity contribution in [1.82, 2.24) is 0 Å². The Morgan fingerprint density at radius 3 is 2.57 bits per heavy atom. The Morgan fingerprint density at radius 1 is 1.13 bits per heavy atom. The minimum atomic E-state index is -4.45. The lowest BCUT2D eigenvalue weighted by Gasteiger charge is -2.12. The van der Waals surface area contributed by atoms with Crippen molar-refractivity contribution in [3.05, 3.63) is 59.2 Å². The molecule has 3 nitrogen and oxygen atoms in total. The number of benzene rings is 2. The zero-order chi connectivity index (χ0) is 17.0. The van der Waals surface area contributed by atoms with E-state index in [1.165, 1.54) is 12.1 Å². The average molecular weight is 323 g/mol. The Hall–Kier alpha value is -2.50. The van der Waals surface area contributed by atoms with Crippen LogP contribution in [-0.4, -0.2) is 12.5 Å². The van der Waals surface area contributed by atoms with Crippen LogP contribution < -0.4 is 10.1 Å².